The summed E-state index contributed by atoms with van der Waals surface area (Å²) in [5.41, 5.74) is 3.91. The van der Waals surface area contributed by atoms with E-state index in [0.29, 0.717) is 12.8 Å². The third-order valence-electron chi connectivity index (χ3n) is 7.04. The van der Waals surface area contributed by atoms with Crippen molar-refractivity contribution in [2.24, 2.45) is 0 Å². The summed E-state index contributed by atoms with van der Waals surface area (Å²) in [6.45, 7) is 0. The van der Waals surface area contributed by atoms with Gasteiger partial charge in [-0.2, -0.15) is 0 Å². The van der Waals surface area contributed by atoms with Crippen LogP contribution in [-0.4, -0.2) is 35.0 Å². The van der Waals surface area contributed by atoms with Gasteiger partial charge >= 0.3 is 0 Å². The normalized spacial score (nSPS) is 28.4. The number of hydrogen-bond acceptors (Lipinski definition) is 3. The summed E-state index contributed by atoms with van der Waals surface area (Å²) in [7, 11) is 0. The van der Waals surface area contributed by atoms with Gasteiger partial charge in [0, 0.05) is 12.1 Å². The molecule has 5 heteroatoms. The molecule has 4 atom stereocenters. The second-order valence-electron chi connectivity index (χ2n) is 8.65. The molecule has 2 amide bonds. The van der Waals surface area contributed by atoms with Gasteiger partial charge in [-0.1, -0.05) is 78.9 Å². The maximum Gasteiger partial charge on any atom is 0.247 e. The van der Waals surface area contributed by atoms with Crippen LogP contribution in [0, 0.1) is 0 Å². The van der Waals surface area contributed by atoms with Crippen molar-refractivity contribution in [1.82, 2.24) is 10.2 Å². The number of nitrogens with zero attached hydrogens (tertiary/aromatic N) is 1. The number of nitrogens with one attached hydrogen (secondary N) is 2. The van der Waals surface area contributed by atoms with Crippen LogP contribution < -0.4 is 10.6 Å². The van der Waals surface area contributed by atoms with E-state index in [1.165, 1.54) is 0 Å². The Morgan fingerprint density at radius 3 is 2.29 bits per heavy atom. The van der Waals surface area contributed by atoms with Gasteiger partial charge in [-0.15, -0.1) is 0 Å². The standard InChI is InChI=1S/C26H23N3O2/c30-23-22-16-26(18-11-5-2-6-12-18)19-13-7-8-14-20(19)28-25(26)29(22)24(31)21(27-23)15-17-9-3-1-4-10-17/h1-14,21-22,25,28H,15-16H2,(H,27,30)/t21-,22-,25+,26-/m0/s1. The van der Waals surface area contributed by atoms with Gasteiger partial charge in [0.1, 0.15) is 18.2 Å². The topological polar surface area (TPSA) is 61.4 Å². The van der Waals surface area contributed by atoms with E-state index in [9.17, 15) is 9.59 Å². The average molecular weight is 409 g/mol. The van der Waals surface area contributed by atoms with Gasteiger partial charge in [0.05, 0.1) is 5.41 Å². The van der Waals surface area contributed by atoms with E-state index in [2.05, 4.69) is 34.9 Å². The largest absolute Gasteiger partial charge is 0.364 e. The summed E-state index contributed by atoms with van der Waals surface area (Å²) in [5, 5.41) is 6.61. The Hall–Kier alpha value is -3.60. The Morgan fingerprint density at radius 1 is 0.839 bits per heavy atom. The first-order valence-corrected chi connectivity index (χ1v) is 10.8. The summed E-state index contributed by atoms with van der Waals surface area (Å²) >= 11 is 0. The third-order valence-corrected chi connectivity index (χ3v) is 7.04. The molecule has 31 heavy (non-hydrogen) atoms. The molecule has 0 bridgehead atoms. The minimum absolute atomic E-state index is 0.0171. The lowest BCUT2D eigenvalue weighted by Gasteiger charge is -2.38. The fourth-order valence-electron chi connectivity index (χ4n) is 5.69. The number of fused-ring (bicyclic) bond motifs is 5. The monoisotopic (exact) mass is 409 g/mol. The number of amides is 2. The highest BCUT2D eigenvalue weighted by molar-refractivity contribution is 5.99. The molecule has 0 aliphatic carbocycles. The Labute approximate surface area is 181 Å². The molecule has 2 fully saturated rings. The first kappa shape index (κ1) is 18.2. The Morgan fingerprint density at radius 2 is 1.52 bits per heavy atom. The molecule has 0 aromatic heterocycles. The summed E-state index contributed by atoms with van der Waals surface area (Å²) < 4.78 is 0. The predicted molar refractivity (Wildman–Crippen MR) is 118 cm³/mol. The molecular formula is C26H23N3O2. The number of carbonyl (C=O) groups is 2. The fraction of sp³-hybridized carbons (Fsp3) is 0.231. The molecule has 5 nitrogen and oxygen atoms in total. The van der Waals surface area contributed by atoms with Crippen molar-refractivity contribution in [3.63, 3.8) is 0 Å². The van der Waals surface area contributed by atoms with Gasteiger partial charge in [-0.05, 0) is 29.2 Å². The highest BCUT2D eigenvalue weighted by Gasteiger charge is 2.63. The van der Waals surface area contributed by atoms with E-state index in [1.54, 1.807) is 0 Å². The minimum atomic E-state index is -0.553. The van der Waals surface area contributed by atoms with Crippen LogP contribution in [0.2, 0.25) is 0 Å². The van der Waals surface area contributed by atoms with Crippen LogP contribution >= 0.6 is 0 Å². The first-order chi connectivity index (χ1) is 15.2. The van der Waals surface area contributed by atoms with E-state index in [4.69, 9.17) is 0 Å². The zero-order valence-corrected chi connectivity index (χ0v) is 17.0. The fourth-order valence-corrected chi connectivity index (χ4v) is 5.69. The molecule has 0 radical (unpaired) electrons. The molecule has 0 spiro atoms. The number of carbonyl (C=O) groups excluding carboxylic acids is 2. The molecule has 3 heterocycles. The summed E-state index contributed by atoms with van der Waals surface area (Å²) in [5.74, 6) is -0.0823. The summed E-state index contributed by atoms with van der Waals surface area (Å²) in [6, 6.07) is 27.3. The van der Waals surface area contributed by atoms with E-state index in [0.717, 1.165) is 22.4 Å². The van der Waals surface area contributed by atoms with Gasteiger partial charge < -0.3 is 15.5 Å². The van der Waals surface area contributed by atoms with Crippen LogP contribution in [-0.2, 0) is 21.4 Å². The highest BCUT2D eigenvalue weighted by atomic mass is 16.2. The van der Waals surface area contributed by atoms with Crippen LogP contribution in [0.1, 0.15) is 23.1 Å². The van der Waals surface area contributed by atoms with E-state index in [-0.39, 0.29) is 18.0 Å². The Kier molecular flexibility index (Phi) is 3.93. The zero-order chi connectivity index (χ0) is 21.0. The summed E-state index contributed by atoms with van der Waals surface area (Å²) in [6.07, 6.45) is 0.780. The van der Waals surface area contributed by atoms with Crippen molar-refractivity contribution < 1.29 is 9.59 Å². The third kappa shape index (κ3) is 2.56. The number of rotatable bonds is 3. The molecule has 2 saturated heterocycles. The van der Waals surface area contributed by atoms with E-state index in [1.807, 2.05) is 65.6 Å². The SMILES string of the molecule is O=C1N[C@@H](Cc2ccccc2)C(=O)N2[C@H]3Nc4ccccc4[C@@]3(c3ccccc3)C[C@@H]12. The number of hydrogen-bond donors (Lipinski definition) is 2. The number of piperazine rings is 1. The van der Waals surface area contributed by atoms with Crippen LogP contribution in [0.3, 0.4) is 0 Å². The van der Waals surface area contributed by atoms with Crippen molar-refractivity contribution in [3.8, 4) is 0 Å². The second-order valence-corrected chi connectivity index (χ2v) is 8.65. The molecule has 0 saturated carbocycles. The van der Waals surface area contributed by atoms with Gasteiger partial charge in [0.25, 0.3) is 0 Å². The lowest BCUT2D eigenvalue weighted by molar-refractivity contribution is -0.148. The Bertz CT molecular complexity index is 1160. The van der Waals surface area contributed by atoms with Crippen LogP contribution in [0.15, 0.2) is 84.9 Å². The maximum atomic E-state index is 13.7. The molecule has 2 N–H and O–H groups in total. The lowest BCUT2D eigenvalue weighted by atomic mass is 9.72. The van der Waals surface area contributed by atoms with Crippen molar-refractivity contribution in [3.05, 3.63) is 102 Å². The quantitative estimate of drug-likeness (QED) is 0.699. The molecule has 3 aromatic carbocycles. The molecule has 3 aliphatic heterocycles. The summed E-state index contributed by atoms with van der Waals surface area (Å²) in [4.78, 5) is 28.7. The minimum Gasteiger partial charge on any atom is -0.364 e. The Balaban J connectivity index is 1.44. The van der Waals surface area contributed by atoms with Gasteiger partial charge in [-0.25, -0.2) is 0 Å². The predicted octanol–water partition coefficient (Wildman–Crippen LogP) is 3.07. The maximum absolute atomic E-state index is 13.7. The lowest BCUT2D eigenvalue weighted by Crippen LogP contribution is -2.64. The van der Waals surface area contributed by atoms with Crippen LogP contribution in [0.5, 0.6) is 0 Å². The second kappa shape index (κ2) is 6.71. The molecule has 6 rings (SSSR count). The van der Waals surface area contributed by atoms with Crippen molar-refractivity contribution >= 4 is 17.5 Å². The number of benzene rings is 3. The van der Waals surface area contributed by atoms with Gasteiger partial charge in [0.15, 0.2) is 0 Å². The van der Waals surface area contributed by atoms with Gasteiger partial charge in [0.2, 0.25) is 11.8 Å². The highest BCUT2D eigenvalue weighted by Crippen LogP contribution is 2.55. The van der Waals surface area contributed by atoms with E-state index >= 15 is 0 Å². The van der Waals surface area contributed by atoms with Crippen molar-refractivity contribution in [2.45, 2.75) is 36.5 Å². The molecule has 154 valence electrons. The first-order valence-electron chi connectivity index (χ1n) is 10.8. The van der Waals surface area contributed by atoms with Gasteiger partial charge in [-0.3, -0.25) is 9.59 Å². The van der Waals surface area contributed by atoms with Crippen LogP contribution in [0.25, 0.3) is 0 Å². The van der Waals surface area contributed by atoms with Crippen molar-refractivity contribution in [1.29, 1.82) is 0 Å². The molecule has 3 aromatic rings. The molecule has 0 unspecified atom stereocenters. The smallest absolute Gasteiger partial charge is 0.247 e. The van der Waals surface area contributed by atoms with E-state index < -0.39 is 17.5 Å². The average Bonchev–Trinajstić information content (AvgIpc) is 3.31. The number of para-hydroxylation sites is 1. The molecular weight excluding hydrogens is 386 g/mol. The molecule has 3 aliphatic rings. The zero-order valence-electron chi connectivity index (χ0n) is 17.0. The number of anilines is 1. The van der Waals surface area contributed by atoms with Crippen molar-refractivity contribution in [2.75, 3.05) is 5.32 Å². The van der Waals surface area contributed by atoms with Crippen LogP contribution in [0.4, 0.5) is 5.69 Å².